The Kier molecular flexibility index (Phi) is 4.97. The molecule has 76 valence electrons. The van der Waals surface area contributed by atoms with Gasteiger partial charge in [-0.3, -0.25) is 0 Å². The van der Waals surface area contributed by atoms with E-state index in [1.54, 1.807) is 0 Å². The number of methoxy groups -OCH3 is 1. The summed E-state index contributed by atoms with van der Waals surface area (Å²) in [7, 11) is 1.24. The van der Waals surface area contributed by atoms with E-state index in [1.165, 1.54) is 7.11 Å². The molecule has 0 aromatic heterocycles. The molecule has 0 aromatic rings. The molecule has 2 atom stereocenters. The minimum Gasteiger partial charge on any atom is -0.479 e. The highest BCUT2D eigenvalue weighted by atomic mass is 16.7. The Morgan fingerprint density at radius 1 is 1.31 bits per heavy atom. The minimum atomic E-state index is -2.19. The van der Waals surface area contributed by atoms with Crippen LogP contribution >= 0.6 is 0 Å². The minimum absolute atomic E-state index is 0.414. The maximum atomic E-state index is 10.7. The van der Waals surface area contributed by atoms with Crippen molar-refractivity contribution in [1.82, 2.24) is 0 Å². The van der Waals surface area contributed by atoms with Crippen molar-refractivity contribution in [2.24, 2.45) is 0 Å². The number of carboxylic acids is 1. The van der Waals surface area contributed by atoms with Gasteiger partial charge in [-0.2, -0.15) is 0 Å². The molecule has 3 N–H and O–H groups in total. The number of carboxylic acid groups (broad SMARTS) is 1. The number of hydrogen-bond donors (Lipinski definition) is 3. The standard InChI is InChI=1S/C6H10O7/c1-12-2-13-6(11)4(8)3(7)5(9)10/h3-4,7-8H,2H2,1H3,(H,9,10). The Morgan fingerprint density at radius 3 is 2.23 bits per heavy atom. The molecule has 0 aliphatic rings. The second kappa shape index (κ2) is 5.46. The lowest BCUT2D eigenvalue weighted by Crippen LogP contribution is -2.40. The highest BCUT2D eigenvalue weighted by molar-refractivity contribution is 5.84. The average Bonchev–Trinajstić information content (AvgIpc) is 2.11. The maximum absolute atomic E-state index is 10.7. The van der Waals surface area contributed by atoms with Crippen LogP contribution in [-0.4, -0.2) is 53.4 Å². The summed E-state index contributed by atoms with van der Waals surface area (Å²) in [5.41, 5.74) is 0. The third-order valence-electron chi connectivity index (χ3n) is 1.11. The normalized spacial score (nSPS) is 14.7. The lowest BCUT2D eigenvalue weighted by atomic mass is 10.2. The molecule has 7 nitrogen and oxygen atoms in total. The number of esters is 1. The SMILES string of the molecule is COCOC(=O)C(O)C(O)C(=O)O. The molecule has 0 rings (SSSR count). The molecule has 13 heavy (non-hydrogen) atoms. The molecule has 0 aliphatic heterocycles. The van der Waals surface area contributed by atoms with Gasteiger partial charge in [0.1, 0.15) is 0 Å². The lowest BCUT2D eigenvalue weighted by Gasteiger charge is -2.12. The summed E-state index contributed by atoms with van der Waals surface area (Å²) in [4.78, 5) is 20.7. The van der Waals surface area contributed by atoms with E-state index in [-0.39, 0.29) is 0 Å². The second-order valence-electron chi connectivity index (χ2n) is 2.10. The highest BCUT2D eigenvalue weighted by Gasteiger charge is 2.31. The molecule has 0 spiro atoms. The van der Waals surface area contributed by atoms with E-state index in [0.29, 0.717) is 0 Å². The number of aliphatic hydroxyl groups excluding tert-OH is 2. The quantitative estimate of drug-likeness (QED) is 0.340. The van der Waals surface area contributed by atoms with E-state index in [0.717, 1.165) is 0 Å². The fourth-order valence-corrected chi connectivity index (χ4v) is 0.466. The monoisotopic (exact) mass is 194 g/mol. The molecule has 0 radical (unpaired) electrons. The largest absolute Gasteiger partial charge is 0.479 e. The van der Waals surface area contributed by atoms with Crippen LogP contribution in [-0.2, 0) is 19.1 Å². The van der Waals surface area contributed by atoms with Gasteiger partial charge in [-0.25, -0.2) is 9.59 Å². The Labute approximate surface area is 73.5 Å². The predicted molar refractivity (Wildman–Crippen MR) is 37.6 cm³/mol. The molecule has 0 saturated heterocycles. The first kappa shape index (κ1) is 11.8. The number of ether oxygens (including phenoxy) is 2. The lowest BCUT2D eigenvalue weighted by molar-refractivity contribution is -0.176. The third-order valence-corrected chi connectivity index (χ3v) is 1.11. The molecule has 0 saturated carbocycles. The van der Waals surface area contributed by atoms with Crippen LogP contribution in [0.5, 0.6) is 0 Å². The van der Waals surface area contributed by atoms with Crippen molar-refractivity contribution in [3.05, 3.63) is 0 Å². The number of rotatable bonds is 5. The van der Waals surface area contributed by atoms with Crippen molar-refractivity contribution in [2.45, 2.75) is 12.2 Å². The molecule has 0 heterocycles. The van der Waals surface area contributed by atoms with Crippen molar-refractivity contribution in [3.63, 3.8) is 0 Å². The zero-order chi connectivity index (χ0) is 10.4. The zero-order valence-corrected chi connectivity index (χ0v) is 6.84. The van der Waals surface area contributed by atoms with Gasteiger partial charge in [0.25, 0.3) is 0 Å². The van der Waals surface area contributed by atoms with Gasteiger partial charge in [0.05, 0.1) is 0 Å². The van der Waals surface area contributed by atoms with Crippen molar-refractivity contribution in [1.29, 1.82) is 0 Å². The van der Waals surface area contributed by atoms with Crippen molar-refractivity contribution in [3.8, 4) is 0 Å². The summed E-state index contributed by atoms with van der Waals surface area (Å²) < 4.78 is 8.51. The Bertz CT molecular complexity index is 189. The molecular formula is C6H10O7. The van der Waals surface area contributed by atoms with Crippen molar-refractivity contribution < 1.29 is 34.4 Å². The first-order valence-electron chi connectivity index (χ1n) is 3.25. The summed E-state index contributed by atoms with van der Waals surface area (Å²) >= 11 is 0. The van der Waals surface area contributed by atoms with E-state index in [9.17, 15) is 9.59 Å². The van der Waals surface area contributed by atoms with Crippen LogP contribution in [0.3, 0.4) is 0 Å². The molecule has 2 unspecified atom stereocenters. The third kappa shape index (κ3) is 3.83. The molecular weight excluding hydrogens is 184 g/mol. The maximum Gasteiger partial charge on any atom is 0.340 e. The number of aliphatic hydroxyl groups is 2. The van der Waals surface area contributed by atoms with Gasteiger partial charge in [-0.05, 0) is 0 Å². The number of aliphatic carboxylic acids is 1. The van der Waals surface area contributed by atoms with Gasteiger partial charge >= 0.3 is 11.9 Å². The van der Waals surface area contributed by atoms with Crippen LogP contribution in [0.15, 0.2) is 0 Å². The van der Waals surface area contributed by atoms with Gasteiger partial charge in [0.15, 0.2) is 19.0 Å². The van der Waals surface area contributed by atoms with Crippen molar-refractivity contribution >= 4 is 11.9 Å². The summed E-state index contributed by atoms with van der Waals surface area (Å²) in [5, 5.41) is 25.7. The van der Waals surface area contributed by atoms with E-state index >= 15 is 0 Å². The van der Waals surface area contributed by atoms with Crippen LogP contribution in [0.1, 0.15) is 0 Å². The first-order chi connectivity index (χ1) is 6.00. The molecule has 7 heteroatoms. The Hall–Kier alpha value is -1.18. The van der Waals surface area contributed by atoms with Gasteiger partial charge in [-0.1, -0.05) is 0 Å². The topological polar surface area (TPSA) is 113 Å². The Morgan fingerprint density at radius 2 is 1.85 bits per heavy atom. The van der Waals surface area contributed by atoms with Gasteiger partial charge in [0.2, 0.25) is 0 Å². The molecule has 0 fully saturated rings. The number of carbonyl (C=O) groups is 2. The molecule has 0 aromatic carbocycles. The van der Waals surface area contributed by atoms with E-state index in [1.807, 2.05) is 0 Å². The average molecular weight is 194 g/mol. The van der Waals surface area contributed by atoms with E-state index < -0.39 is 30.9 Å². The highest BCUT2D eigenvalue weighted by Crippen LogP contribution is 1.96. The molecule has 0 bridgehead atoms. The summed E-state index contributed by atoms with van der Waals surface area (Å²) in [6, 6.07) is 0. The van der Waals surface area contributed by atoms with E-state index in [4.69, 9.17) is 15.3 Å². The first-order valence-corrected chi connectivity index (χ1v) is 3.25. The summed E-state index contributed by atoms with van der Waals surface area (Å²) in [6.07, 6.45) is -4.29. The van der Waals surface area contributed by atoms with Crippen LogP contribution in [0.4, 0.5) is 0 Å². The van der Waals surface area contributed by atoms with Crippen LogP contribution < -0.4 is 0 Å². The number of hydrogen-bond acceptors (Lipinski definition) is 6. The summed E-state index contributed by atoms with van der Waals surface area (Å²) in [6.45, 7) is -0.414. The van der Waals surface area contributed by atoms with Crippen LogP contribution in [0, 0.1) is 0 Å². The second-order valence-corrected chi connectivity index (χ2v) is 2.10. The van der Waals surface area contributed by atoms with E-state index in [2.05, 4.69) is 9.47 Å². The Balaban J connectivity index is 4.01. The fourth-order valence-electron chi connectivity index (χ4n) is 0.466. The van der Waals surface area contributed by atoms with Crippen LogP contribution in [0.2, 0.25) is 0 Å². The van der Waals surface area contributed by atoms with Gasteiger partial charge < -0.3 is 24.8 Å². The predicted octanol–water partition coefficient (Wildman–Crippen LogP) is -2.06. The number of carbonyl (C=O) groups excluding carboxylic acids is 1. The van der Waals surface area contributed by atoms with Crippen molar-refractivity contribution in [2.75, 3.05) is 13.9 Å². The smallest absolute Gasteiger partial charge is 0.340 e. The van der Waals surface area contributed by atoms with Gasteiger partial charge in [0, 0.05) is 7.11 Å². The molecule has 0 amide bonds. The zero-order valence-electron chi connectivity index (χ0n) is 6.84. The van der Waals surface area contributed by atoms with Gasteiger partial charge in [-0.15, -0.1) is 0 Å². The fraction of sp³-hybridized carbons (Fsp3) is 0.667. The molecule has 0 aliphatic carbocycles. The van der Waals surface area contributed by atoms with Crippen LogP contribution in [0.25, 0.3) is 0 Å². The summed E-state index contributed by atoms with van der Waals surface area (Å²) in [5.74, 6) is -2.96.